The summed E-state index contributed by atoms with van der Waals surface area (Å²) in [5.74, 6) is 1.52. The molecule has 2 atom stereocenters. The van der Waals surface area contributed by atoms with E-state index >= 15 is 4.39 Å². The molecule has 3 aromatic carbocycles. The number of aromatic nitrogens is 2. The second kappa shape index (κ2) is 14.9. The molecule has 4 aliphatic rings. The van der Waals surface area contributed by atoms with Gasteiger partial charge in [0.2, 0.25) is 0 Å². The van der Waals surface area contributed by atoms with E-state index < -0.39 is 5.60 Å². The van der Waals surface area contributed by atoms with Crippen LogP contribution in [0.1, 0.15) is 75.5 Å². The molecule has 3 aliphatic heterocycles. The molecule has 11 nitrogen and oxygen atoms in total. The number of nitrogens with zero attached hydrogens (tertiary/aromatic N) is 4. The van der Waals surface area contributed by atoms with E-state index in [-0.39, 0.29) is 55.4 Å². The lowest BCUT2D eigenvalue weighted by atomic mass is 9.90. The third-order valence-electron chi connectivity index (χ3n) is 10.7. The van der Waals surface area contributed by atoms with Crippen LogP contribution in [-0.4, -0.2) is 85.0 Å². The molecule has 54 heavy (non-hydrogen) atoms. The summed E-state index contributed by atoms with van der Waals surface area (Å²) >= 11 is 0. The van der Waals surface area contributed by atoms with Gasteiger partial charge >= 0.3 is 12.1 Å². The van der Waals surface area contributed by atoms with E-state index in [1.807, 2.05) is 62.1 Å². The van der Waals surface area contributed by atoms with Gasteiger partial charge in [0.15, 0.2) is 12.5 Å². The number of hydrogen-bond donors (Lipinski definition) is 0. The average molecular weight is 741 g/mol. The molecular weight excluding hydrogens is 691 g/mol. The van der Waals surface area contributed by atoms with Crippen LogP contribution in [0.15, 0.2) is 48.5 Å². The molecule has 0 spiro atoms. The number of methoxy groups -OCH3 is 1. The molecule has 12 heteroatoms. The van der Waals surface area contributed by atoms with E-state index in [0.717, 1.165) is 60.0 Å². The van der Waals surface area contributed by atoms with Gasteiger partial charge in [-0.2, -0.15) is 9.97 Å². The topological polar surface area (TPSA) is 105 Å². The molecule has 8 rings (SSSR count). The van der Waals surface area contributed by atoms with Crippen molar-refractivity contribution in [1.82, 2.24) is 14.9 Å². The molecule has 1 aromatic heterocycles. The Bertz CT molecular complexity index is 2010. The van der Waals surface area contributed by atoms with E-state index in [2.05, 4.69) is 11.0 Å². The number of likely N-dealkylation sites (tertiary alicyclic amines) is 1. The molecule has 2 bridgehead atoms. The van der Waals surface area contributed by atoms with E-state index in [9.17, 15) is 4.79 Å². The highest BCUT2D eigenvalue weighted by atomic mass is 19.1. The smallest absolute Gasteiger partial charge is 0.410 e. The van der Waals surface area contributed by atoms with Gasteiger partial charge in [-0.3, -0.25) is 0 Å². The van der Waals surface area contributed by atoms with Crippen molar-refractivity contribution in [2.24, 2.45) is 0 Å². The van der Waals surface area contributed by atoms with Gasteiger partial charge in [0, 0.05) is 50.1 Å². The third kappa shape index (κ3) is 7.50. The van der Waals surface area contributed by atoms with Gasteiger partial charge in [-0.15, -0.1) is 0 Å². The summed E-state index contributed by atoms with van der Waals surface area (Å²) in [5.41, 5.74) is 4.00. The van der Waals surface area contributed by atoms with Crippen LogP contribution in [0.25, 0.3) is 22.0 Å². The molecule has 286 valence electrons. The summed E-state index contributed by atoms with van der Waals surface area (Å²) < 4.78 is 51.6. The van der Waals surface area contributed by atoms with Gasteiger partial charge in [-0.05, 0) is 87.3 Å². The molecule has 1 aliphatic carbocycles. The minimum absolute atomic E-state index is 0.0145. The number of rotatable bonds is 11. The van der Waals surface area contributed by atoms with Crippen molar-refractivity contribution in [1.29, 1.82) is 0 Å². The number of amides is 1. The van der Waals surface area contributed by atoms with Crippen LogP contribution in [0, 0.1) is 12.7 Å². The zero-order chi connectivity index (χ0) is 37.6. The highest BCUT2D eigenvalue weighted by Gasteiger charge is 2.48. The molecule has 0 N–H and O–H groups in total. The summed E-state index contributed by atoms with van der Waals surface area (Å²) in [6.45, 7) is 10.0. The van der Waals surface area contributed by atoms with Crippen molar-refractivity contribution in [3.63, 3.8) is 0 Å². The summed E-state index contributed by atoms with van der Waals surface area (Å²) in [5, 5.41) is 0.837. The van der Waals surface area contributed by atoms with Crippen LogP contribution >= 0.6 is 0 Å². The lowest BCUT2D eigenvalue weighted by molar-refractivity contribution is 0.0206. The van der Waals surface area contributed by atoms with Crippen LogP contribution in [-0.2, 0) is 20.8 Å². The second-order valence-corrected chi connectivity index (χ2v) is 15.8. The third-order valence-corrected chi connectivity index (χ3v) is 10.7. The lowest BCUT2D eigenvalue weighted by Crippen LogP contribution is -2.50. The van der Waals surface area contributed by atoms with Gasteiger partial charge in [0.05, 0.1) is 25.3 Å². The second-order valence-electron chi connectivity index (χ2n) is 15.8. The molecule has 3 saturated heterocycles. The van der Waals surface area contributed by atoms with E-state index in [4.69, 9.17) is 38.4 Å². The Morgan fingerprint density at radius 3 is 2.44 bits per heavy atom. The Morgan fingerprint density at radius 2 is 1.76 bits per heavy atom. The fraction of sp³-hybridized carbons (Fsp3) is 0.500. The molecule has 0 unspecified atom stereocenters. The zero-order valence-electron chi connectivity index (χ0n) is 31.7. The largest absolute Gasteiger partial charge is 0.486 e. The van der Waals surface area contributed by atoms with Crippen LogP contribution in [0.3, 0.4) is 0 Å². The summed E-state index contributed by atoms with van der Waals surface area (Å²) in [4.78, 5) is 27.7. The predicted molar refractivity (Wildman–Crippen MR) is 202 cm³/mol. The van der Waals surface area contributed by atoms with Crippen molar-refractivity contribution in [2.45, 2.75) is 96.1 Å². The number of ether oxygens (including phenoxy) is 6. The fourth-order valence-electron chi connectivity index (χ4n) is 7.89. The number of benzene rings is 3. The average Bonchev–Trinajstić information content (AvgIpc) is 3.80. The van der Waals surface area contributed by atoms with Gasteiger partial charge in [-0.1, -0.05) is 30.3 Å². The number of halogens is 1. The summed E-state index contributed by atoms with van der Waals surface area (Å²) in [6.07, 6.45) is 3.86. The van der Waals surface area contributed by atoms with E-state index in [0.29, 0.717) is 54.4 Å². The Balaban J connectivity index is 1.30. The Labute approximate surface area is 315 Å². The number of carbonyl (C=O) groups is 1. The molecule has 0 radical (unpaired) electrons. The van der Waals surface area contributed by atoms with Gasteiger partial charge in [0.25, 0.3) is 0 Å². The lowest BCUT2D eigenvalue weighted by Gasteiger charge is -2.36. The van der Waals surface area contributed by atoms with Crippen LogP contribution in [0.4, 0.5) is 15.0 Å². The summed E-state index contributed by atoms with van der Waals surface area (Å²) in [6, 6.07) is 15.7. The Kier molecular flexibility index (Phi) is 9.99. The van der Waals surface area contributed by atoms with Crippen LogP contribution < -0.4 is 19.1 Å². The van der Waals surface area contributed by atoms with Crippen molar-refractivity contribution in [3.8, 4) is 28.6 Å². The first kappa shape index (κ1) is 36.3. The molecule has 4 heterocycles. The first-order chi connectivity index (χ1) is 26.1. The van der Waals surface area contributed by atoms with Crippen molar-refractivity contribution >= 4 is 22.8 Å². The first-order valence-corrected chi connectivity index (χ1v) is 19.0. The first-order valence-electron chi connectivity index (χ1n) is 19.0. The minimum atomic E-state index is -0.582. The van der Waals surface area contributed by atoms with E-state index in [1.165, 1.54) is 13.2 Å². The molecule has 4 fully saturated rings. The van der Waals surface area contributed by atoms with Crippen LogP contribution in [0.2, 0.25) is 0 Å². The van der Waals surface area contributed by atoms with E-state index in [1.54, 1.807) is 6.92 Å². The zero-order valence-corrected chi connectivity index (χ0v) is 31.7. The highest BCUT2D eigenvalue weighted by Crippen LogP contribution is 2.53. The molecule has 1 amide bonds. The maximum atomic E-state index is 15.8. The maximum absolute atomic E-state index is 15.8. The number of anilines is 1. The number of fused-ring (bicyclic) bond motifs is 3. The Morgan fingerprint density at radius 1 is 0.981 bits per heavy atom. The van der Waals surface area contributed by atoms with Gasteiger partial charge < -0.3 is 38.2 Å². The fourth-order valence-corrected chi connectivity index (χ4v) is 7.89. The SMILES string of the molecule is COCOc1cc(F)c(C)c(-c2c(C3CC3)cc3c(N4C[C@@H]5C[C@H]4CN5C(=O)OC(C)(C)C)nc(OC4CCOCC4)nc3c2OCc2ccccc2)c1. The summed E-state index contributed by atoms with van der Waals surface area (Å²) in [7, 11) is 1.54. The number of piperazine rings is 1. The highest BCUT2D eigenvalue weighted by molar-refractivity contribution is 6.01. The van der Waals surface area contributed by atoms with Gasteiger partial charge in [0.1, 0.15) is 41.2 Å². The number of carbonyl (C=O) groups excluding carboxylic acids is 1. The van der Waals surface area contributed by atoms with Crippen LogP contribution in [0.5, 0.6) is 17.5 Å². The maximum Gasteiger partial charge on any atom is 0.410 e. The minimum Gasteiger partial charge on any atom is -0.486 e. The van der Waals surface area contributed by atoms with Crippen molar-refractivity contribution < 1.29 is 37.6 Å². The molecule has 4 aromatic rings. The number of hydrogen-bond acceptors (Lipinski definition) is 10. The standard InChI is InChI=1S/C42H49FN4O7/c1-25-32(18-31(19-35(25)43)52-24-49-5)36-33(27-11-12-27)20-34-37(38(36)51-23-26-9-7-6-8-10-26)44-40(53-30-13-15-50-16-14-30)45-39(34)46-21-29-17-28(46)22-47(29)41(48)54-42(2,3)4/h6-10,18-20,27-30H,11-17,21-24H2,1-5H3/t28-,29-/m0/s1. The van der Waals surface area contributed by atoms with Crippen molar-refractivity contribution in [3.05, 3.63) is 71.0 Å². The quantitative estimate of drug-likeness (QED) is 0.141. The van der Waals surface area contributed by atoms with Crippen molar-refractivity contribution in [2.75, 3.05) is 45.1 Å². The normalized spacial score (nSPS) is 20.1. The monoisotopic (exact) mass is 740 g/mol. The predicted octanol–water partition coefficient (Wildman–Crippen LogP) is 7.94. The van der Waals surface area contributed by atoms with Gasteiger partial charge in [-0.25, -0.2) is 9.18 Å². The Hall–Kier alpha value is -4.68. The molecule has 1 saturated carbocycles. The molecular formula is C42H49FN4O7.